The van der Waals surface area contributed by atoms with Crippen molar-refractivity contribution in [2.75, 3.05) is 19.5 Å². The van der Waals surface area contributed by atoms with Crippen LogP contribution < -0.4 is 5.32 Å². The Balaban J connectivity index is 1.93. The number of thiophene rings is 1. The first-order valence-electron chi connectivity index (χ1n) is 8.65. The van der Waals surface area contributed by atoms with E-state index in [4.69, 9.17) is 9.47 Å². The summed E-state index contributed by atoms with van der Waals surface area (Å²) in [4.78, 5) is 38.0. The van der Waals surface area contributed by atoms with Crippen LogP contribution in [0.2, 0.25) is 0 Å². The third kappa shape index (κ3) is 3.88. The van der Waals surface area contributed by atoms with Crippen molar-refractivity contribution in [2.24, 2.45) is 5.92 Å². The Hall–Kier alpha value is -2.67. The van der Waals surface area contributed by atoms with Crippen molar-refractivity contribution >= 4 is 34.9 Å². The van der Waals surface area contributed by atoms with Gasteiger partial charge in [0.1, 0.15) is 0 Å². The van der Waals surface area contributed by atoms with Crippen molar-refractivity contribution < 1.29 is 23.9 Å². The molecule has 1 N–H and O–H groups in total. The predicted molar refractivity (Wildman–Crippen MR) is 103 cm³/mol. The first-order valence-corrected chi connectivity index (χ1v) is 9.53. The molecule has 0 aliphatic heterocycles. The smallest absolute Gasteiger partial charge is 0.339 e. The average Bonchev–Trinajstić information content (AvgIpc) is 3.09. The summed E-state index contributed by atoms with van der Waals surface area (Å²) in [6.45, 7) is 2.21. The van der Waals surface area contributed by atoms with Gasteiger partial charge in [-0.25, -0.2) is 9.59 Å². The molecule has 0 radical (unpaired) electrons. The van der Waals surface area contributed by atoms with Gasteiger partial charge in [0.2, 0.25) is 0 Å². The standard InChI is InChI=1S/C20H21NO5S/c1-11-4-6-13-15(10-27-17(13)8-11)18(22)21-16-9-12(19(23)25-2)5-7-14(16)20(24)26-3/h5,7,9-11H,4,6,8H2,1-3H3,(H,21,22)/t11-/m1/s1. The Kier molecular flexibility index (Phi) is 5.60. The lowest BCUT2D eigenvalue weighted by molar-refractivity contribution is 0.0587. The summed E-state index contributed by atoms with van der Waals surface area (Å²) in [5.41, 5.74) is 2.34. The van der Waals surface area contributed by atoms with Crippen LogP contribution >= 0.6 is 11.3 Å². The summed E-state index contributed by atoms with van der Waals surface area (Å²) in [5.74, 6) is -0.823. The predicted octanol–water partition coefficient (Wildman–Crippen LogP) is 3.70. The topological polar surface area (TPSA) is 81.7 Å². The van der Waals surface area contributed by atoms with Gasteiger partial charge in [0.25, 0.3) is 5.91 Å². The molecule has 1 heterocycles. The summed E-state index contributed by atoms with van der Waals surface area (Å²) in [7, 11) is 2.53. The first kappa shape index (κ1) is 19.1. The van der Waals surface area contributed by atoms with E-state index in [9.17, 15) is 14.4 Å². The highest BCUT2D eigenvalue weighted by Gasteiger charge is 2.24. The van der Waals surface area contributed by atoms with Crippen LogP contribution in [-0.4, -0.2) is 32.1 Å². The Bertz CT molecular complexity index is 902. The van der Waals surface area contributed by atoms with Crippen molar-refractivity contribution in [1.29, 1.82) is 0 Å². The van der Waals surface area contributed by atoms with Gasteiger partial charge in [-0.3, -0.25) is 4.79 Å². The van der Waals surface area contributed by atoms with Gasteiger partial charge in [0, 0.05) is 10.3 Å². The Morgan fingerprint density at radius 3 is 2.56 bits per heavy atom. The van der Waals surface area contributed by atoms with Crippen molar-refractivity contribution in [1.82, 2.24) is 0 Å². The van der Waals surface area contributed by atoms with Crippen LogP contribution in [0.4, 0.5) is 5.69 Å². The zero-order valence-electron chi connectivity index (χ0n) is 15.5. The fourth-order valence-electron chi connectivity index (χ4n) is 3.24. The van der Waals surface area contributed by atoms with Gasteiger partial charge in [-0.15, -0.1) is 11.3 Å². The van der Waals surface area contributed by atoms with Crippen molar-refractivity contribution in [3.63, 3.8) is 0 Å². The maximum absolute atomic E-state index is 12.9. The van der Waals surface area contributed by atoms with Gasteiger partial charge < -0.3 is 14.8 Å². The van der Waals surface area contributed by atoms with Crippen LogP contribution in [0.15, 0.2) is 23.6 Å². The molecule has 2 aromatic rings. The molecule has 0 unspecified atom stereocenters. The summed E-state index contributed by atoms with van der Waals surface area (Å²) in [5, 5.41) is 4.63. The van der Waals surface area contributed by atoms with E-state index in [0.29, 0.717) is 11.5 Å². The summed E-state index contributed by atoms with van der Waals surface area (Å²) in [6.07, 6.45) is 2.91. The van der Waals surface area contributed by atoms with E-state index in [1.165, 1.54) is 37.3 Å². The third-order valence-electron chi connectivity index (χ3n) is 4.74. The molecule has 0 bridgehead atoms. The van der Waals surface area contributed by atoms with Gasteiger partial charge in [0.05, 0.1) is 36.6 Å². The highest BCUT2D eigenvalue weighted by molar-refractivity contribution is 7.10. The second-order valence-corrected chi connectivity index (χ2v) is 7.56. The van der Waals surface area contributed by atoms with E-state index in [-0.39, 0.29) is 22.7 Å². The molecule has 3 rings (SSSR count). The van der Waals surface area contributed by atoms with Gasteiger partial charge in [-0.2, -0.15) is 0 Å². The highest BCUT2D eigenvalue weighted by atomic mass is 32.1. The molecule has 1 aromatic carbocycles. The number of ether oxygens (including phenoxy) is 2. The average molecular weight is 387 g/mol. The molecule has 1 atom stereocenters. The number of rotatable bonds is 4. The largest absolute Gasteiger partial charge is 0.465 e. The van der Waals surface area contributed by atoms with Crippen LogP contribution in [0.25, 0.3) is 0 Å². The van der Waals surface area contributed by atoms with Gasteiger partial charge in [0.15, 0.2) is 0 Å². The quantitative estimate of drug-likeness (QED) is 0.809. The number of methoxy groups -OCH3 is 2. The van der Waals surface area contributed by atoms with Gasteiger partial charge in [-0.1, -0.05) is 6.92 Å². The molecule has 6 nitrogen and oxygen atoms in total. The van der Waals surface area contributed by atoms with E-state index < -0.39 is 11.9 Å². The molecule has 0 fully saturated rings. The zero-order chi connectivity index (χ0) is 19.6. The molecule has 0 saturated carbocycles. The molecule has 0 saturated heterocycles. The summed E-state index contributed by atoms with van der Waals surface area (Å²) < 4.78 is 9.49. The number of fused-ring (bicyclic) bond motifs is 1. The van der Waals surface area contributed by atoms with E-state index >= 15 is 0 Å². The molecule has 1 aliphatic carbocycles. The Labute approximate surface area is 161 Å². The van der Waals surface area contributed by atoms with E-state index in [0.717, 1.165) is 24.8 Å². The van der Waals surface area contributed by atoms with E-state index in [1.807, 2.05) is 5.38 Å². The molecular formula is C20H21NO5S. The van der Waals surface area contributed by atoms with Crippen LogP contribution in [0, 0.1) is 5.92 Å². The van der Waals surface area contributed by atoms with Gasteiger partial charge >= 0.3 is 11.9 Å². The van der Waals surface area contributed by atoms with Crippen LogP contribution in [-0.2, 0) is 22.3 Å². The fraction of sp³-hybridized carbons (Fsp3) is 0.350. The van der Waals surface area contributed by atoms with Gasteiger partial charge in [-0.05, 0) is 48.9 Å². The second kappa shape index (κ2) is 7.92. The second-order valence-electron chi connectivity index (χ2n) is 6.60. The number of hydrogen-bond donors (Lipinski definition) is 1. The number of amides is 1. The molecule has 1 aliphatic rings. The lowest BCUT2D eigenvalue weighted by Crippen LogP contribution is -2.19. The molecule has 0 spiro atoms. The summed E-state index contributed by atoms with van der Waals surface area (Å²) >= 11 is 1.59. The fourth-order valence-corrected chi connectivity index (χ4v) is 4.48. The maximum atomic E-state index is 12.9. The van der Waals surface area contributed by atoms with E-state index in [1.54, 1.807) is 11.3 Å². The lowest BCUT2D eigenvalue weighted by atomic mass is 9.88. The number of hydrogen-bond acceptors (Lipinski definition) is 6. The molecule has 7 heteroatoms. The van der Waals surface area contributed by atoms with Crippen LogP contribution in [0.1, 0.15) is 54.9 Å². The normalized spacial score (nSPS) is 15.6. The SMILES string of the molecule is COC(=O)c1ccc(C(=O)OC)c(NC(=O)c2csc3c2CC[C@@H](C)C3)c1. The number of nitrogens with one attached hydrogen (secondary N) is 1. The van der Waals surface area contributed by atoms with Crippen LogP contribution in [0.3, 0.4) is 0 Å². The first-order chi connectivity index (χ1) is 12.9. The number of benzene rings is 1. The minimum atomic E-state index is -0.595. The molecule has 1 aromatic heterocycles. The lowest BCUT2D eigenvalue weighted by Gasteiger charge is -2.19. The van der Waals surface area contributed by atoms with Crippen molar-refractivity contribution in [2.45, 2.75) is 26.2 Å². The van der Waals surface area contributed by atoms with Crippen molar-refractivity contribution in [3.8, 4) is 0 Å². The Morgan fingerprint density at radius 1 is 1.11 bits per heavy atom. The minimum absolute atomic E-state index is 0.177. The number of carbonyl (C=O) groups excluding carboxylic acids is 3. The highest BCUT2D eigenvalue weighted by Crippen LogP contribution is 2.33. The molecule has 1 amide bonds. The Morgan fingerprint density at radius 2 is 1.85 bits per heavy atom. The van der Waals surface area contributed by atoms with Crippen molar-refractivity contribution in [3.05, 3.63) is 50.7 Å². The zero-order valence-corrected chi connectivity index (χ0v) is 16.3. The number of anilines is 1. The molecular weight excluding hydrogens is 366 g/mol. The monoisotopic (exact) mass is 387 g/mol. The third-order valence-corrected chi connectivity index (χ3v) is 5.79. The molecule has 27 heavy (non-hydrogen) atoms. The summed E-state index contributed by atoms with van der Waals surface area (Å²) in [6, 6.07) is 4.33. The molecule has 142 valence electrons. The number of esters is 2. The minimum Gasteiger partial charge on any atom is -0.465 e. The van der Waals surface area contributed by atoms with Crippen LogP contribution in [0.5, 0.6) is 0 Å². The number of carbonyl (C=O) groups is 3. The van der Waals surface area contributed by atoms with E-state index in [2.05, 4.69) is 12.2 Å². The maximum Gasteiger partial charge on any atom is 0.339 e.